The van der Waals surface area contributed by atoms with Gasteiger partial charge in [0.1, 0.15) is 5.82 Å². The standard InChI is InChI=1S/C11H11FN4O3/c1-2-14-11(17)9-5-3-6(12)8(16(18)19)4-7(5)15-10(9)13/h3-4,15H,2,13H2,1H3,(H,14,17). The lowest BCUT2D eigenvalue weighted by atomic mass is 10.1. The molecule has 0 spiro atoms. The molecule has 0 aliphatic rings. The molecule has 7 nitrogen and oxygen atoms in total. The zero-order chi connectivity index (χ0) is 14.2. The number of hydrogen-bond acceptors (Lipinski definition) is 4. The number of anilines is 1. The van der Waals surface area contributed by atoms with Crippen molar-refractivity contribution in [2.75, 3.05) is 12.3 Å². The molecule has 0 bridgehead atoms. The quantitative estimate of drug-likeness (QED) is 0.577. The highest BCUT2D eigenvalue weighted by molar-refractivity contribution is 6.11. The maximum absolute atomic E-state index is 13.6. The lowest BCUT2D eigenvalue weighted by molar-refractivity contribution is -0.387. The van der Waals surface area contributed by atoms with Crippen LogP contribution in [-0.2, 0) is 0 Å². The Kier molecular flexibility index (Phi) is 3.07. The number of nitrogens with two attached hydrogens (primary N) is 1. The number of nitrogen functional groups attached to an aromatic ring is 1. The normalized spacial score (nSPS) is 10.6. The van der Waals surface area contributed by atoms with Gasteiger partial charge in [0.2, 0.25) is 5.82 Å². The van der Waals surface area contributed by atoms with E-state index in [1.165, 1.54) is 0 Å². The maximum Gasteiger partial charge on any atom is 0.306 e. The van der Waals surface area contributed by atoms with Gasteiger partial charge in [-0.05, 0) is 13.0 Å². The van der Waals surface area contributed by atoms with Crippen LogP contribution in [0.5, 0.6) is 0 Å². The minimum atomic E-state index is -1.01. The maximum atomic E-state index is 13.6. The number of benzene rings is 1. The number of nitro groups is 1. The van der Waals surface area contributed by atoms with Gasteiger partial charge >= 0.3 is 5.69 Å². The minimum Gasteiger partial charge on any atom is -0.385 e. The summed E-state index contributed by atoms with van der Waals surface area (Å²) in [5.74, 6) is -1.43. The Bertz CT molecular complexity index is 680. The number of rotatable bonds is 3. The lowest BCUT2D eigenvalue weighted by Gasteiger charge is -2.01. The monoisotopic (exact) mass is 266 g/mol. The van der Waals surface area contributed by atoms with E-state index in [-0.39, 0.29) is 22.3 Å². The van der Waals surface area contributed by atoms with Gasteiger partial charge in [-0.2, -0.15) is 4.39 Å². The smallest absolute Gasteiger partial charge is 0.306 e. The molecule has 0 atom stereocenters. The summed E-state index contributed by atoms with van der Waals surface area (Å²) in [5, 5.41) is 13.4. The van der Waals surface area contributed by atoms with E-state index in [2.05, 4.69) is 10.3 Å². The van der Waals surface area contributed by atoms with E-state index in [4.69, 9.17) is 5.73 Å². The Morgan fingerprint density at radius 1 is 1.58 bits per heavy atom. The molecule has 0 saturated heterocycles. The van der Waals surface area contributed by atoms with Gasteiger partial charge in [0, 0.05) is 18.0 Å². The molecule has 0 fully saturated rings. The third-order valence-electron chi connectivity index (χ3n) is 2.66. The van der Waals surface area contributed by atoms with Gasteiger partial charge < -0.3 is 16.0 Å². The predicted octanol–water partition coefficient (Wildman–Crippen LogP) is 1.55. The van der Waals surface area contributed by atoms with Gasteiger partial charge in [0.05, 0.1) is 16.0 Å². The van der Waals surface area contributed by atoms with Crippen molar-refractivity contribution in [3.05, 3.63) is 33.6 Å². The fraction of sp³-hybridized carbons (Fsp3) is 0.182. The van der Waals surface area contributed by atoms with Gasteiger partial charge in [0.25, 0.3) is 5.91 Å². The molecule has 0 saturated carbocycles. The summed E-state index contributed by atoms with van der Waals surface area (Å²) in [6.07, 6.45) is 0. The Morgan fingerprint density at radius 3 is 2.84 bits per heavy atom. The second-order valence-corrected chi connectivity index (χ2v) is 3.88. The average molecular weight is 266 g/mol. The van der Waals surface area contributed by atoms with Crippen LogP contribution in [0, 0.1) is 15.9 Å². The number of aromatic nitrogens is 1. The van der Waals surface area contributed by atoms with Crippen molar-refractivity contribution < 1.29 is 14.1 Å². The summed E-state index contributed by atoms with van der Waals surface area (Å²) in [6.45, 7) is 2.12. The number of hydrogen-bond donors (Lipinski definition) is 3. The Morgan fingerprint density at radius 2 is 2.26 bits per heavy atom. The molecule has 19 heavy (non-hydrogen) atoms. The van der Waals surface area contributed by atoms with Gasteiger partial charge in [-0.3, -0.25) is 14.9 Å². The van der Waals surface area contributed by atoms with Crippen molar-refractivity contribution in [1.82, 2.24) is 10.3 Å². The molecule has 0 unspecified atom stereocenters. The number of halogens is 1. The number of carbonyl (C=O) groups is 1. The van der Waals surface area contributed by atoms with Crippen LogP contribution in [0.1, 0.15) is 17.3 Å². The molecule has 1 amide bonds. The first-order valence-corrected chi connectivity index (χ1v) is 5.49. The molecule has 0 aliphatic carbocycles. The molecule has 2 aromatic rings. The Hall–Kier alpha value is -2.64. The van der Waals surface area contributed by atoms with Crippen LogP contribution in [0.2, 0.25) is 0 Å². The molecule has 0 aliphatic heterocycles. The summed E-state index contributed by atoms with van der Waals surface area (Å²) in [4.78, 5) is 24.2. The van der Waals surface area contributed by atoms with E-state index in [1.807, 2.05) is 0 Å². The van der Waals surface area contributed by atoms with Gasteiger partial charge in [0.15, 0.2) is 0 Å². The summed E-state index contributed by atoms with van der Waals surface area (Å²) in [6, 6.07) is 1.95. The van der Waals surface area contributed by atoms with Crippen LogP contribution in [0.15, 0.2) is 12.1 Å². The van der Waals surface area contributed by atoms with E-state index >= 15 is 0 Å². The van der Waals surface area contributed by atoms with Crippen molar-refractivity contribution in [3.63, 3.8) is 0 Å². The zero-order valence-electron chi connectivity index (χ0n) is 9.99. The largest absolute Gasteiger partial charge is 0.385 e. The van der Waals surface area contributed by atoms with Crippen LogP contribution in [-0.4, -0.2) is 22.4 Å². The third kappa shape index (κ3) is 2.07. The Labute approximate surface area is 106 Å². The number of nitrogens with zero attached hydrogens (tertiary/aromatic N) is 1. The van der Waals surface area contributed by atoms with E-state index in [9.17, 15) is 19.3 Å². The minimum absolute atomic E-state index is 0.0425. The second-order valence-electron chi connectivity index (χ2n) is 3.88. The van der Waals surface area contributed by atoms with Gasteiger partial charge in [-0.25, -0.2) is 0 Å². The second kappa shape index (κ2) is 4.56. The van der Waals surface area contributed by atoms with Crippen molar-refractivity contribution >= 4 is 28.3 Å². The van der Waals surface area contributed by atoms with Crippen molar-refractivity contribution in [1.29, 1.82) is 0 Å². The highest BCUT2D eigenvalue weighted by atomic mass is 19.1. The van der Waals surface area contributed by atoms with E-state index < -0.39 is 22.3 Å². The molecule has 0 radical (unpaired) electrons. The van der Waals surface area contributed by atoms with Gasteiger partial charge in [-0.15, -0.1) is 0 Å². The molecule has 8 heteroatoms. The molecule has 2 rings (SSSR count). The first kappa shape index (κ1) is 12.8. The Balaban J connectivity index is 2.68. The third-order valence-corrected chi connectivity index (χ3v) is 2.66. The number of H-pyrrole nitrogens is 1. The van der Waals surface area contributed by atoms with Crippen LogP contribution >= 0.6 is 0 Å². The topological polar surface area (TPSA) is 114 Å². The van der Waals surface area contributed by atoms with E-state index in [1.54, 1.807) is 6.92 Å². The number of nitro benzene ring substituents is 1. The molecular weight excluding hydrogens is 255 g/mol. The number of fused-ring (bicyclic) bond motifs is 1. The fourth-order valence-corrected chi connectivity index (χ4v) is 1.86. The molecular formula is C11H11FN4O3. The molecule has 100 valence electrons. The summed E-state index contributed by atoms with van der Waals surface area (Å²) in [5.41, 5.74) is 5.31. The first-order valence-electron chi connectivity index (χ1n) is 5.49. The lowest BCUT2D eigenvalue weighted by Crippen LogP contribution is -2.23. The molecule has 1 heterocycles. The van der Waals surface area contributed by atoms with Crippen LogP contribution in [0.4, 0.5) is 15.9 Å². The number of amides is 1. The van der Waals surface area contributed by atoms with E-state index in [0.717, 1.165) is 12.1 Å². The summed E-state index contributed by atoms with van der Waals surface area (Å²) in [7, 11) is 0. The highest BCUT2D eigenvalue weighted by Gasteiger charge is 2.22. The van der Waals surface area contributed by atoms with Crippen molar-refractivity contribution in [3.8, 4) is 0 Å². The fourth-order valence-electron chi connectivity index (χ4n) is 1.86. The predicted molar refractivity (Wildman–Crippen MR) is 67.3 cm³/mol. The van der Waals surface area contributed by atoms with Crippen molar-refractivity contribution in [2.24, 2.45) is 0 Å². The first-order chi connectivity index (χ1) is 8.95. The average Bonchev–Trinajstić information content (AvgIpc) is 2.63. The molecule has 4 N–H and O–H groups in total. The highest BCUT2D eigenvalue weighted by Crippen LogP contribution is 2.29. The number of nitrogens with one attached hydrogen (secondary N) is 2. The summed E-state index contributed by atoms with van der Waals surface area (Å²) >= 11 is 0. The number of aromatic amines is 1. The van der Waals surface area contributed by atoms with Crippen LogP contribution in [0.3, 0.4) is 0 Å². The van der Waals surface area contributed by atoms with Crippen molar-refractivity contribution in [2.45, 2.75) is 6.92 Å². The molecule has 1 aromatic carbocycles. The van der Waals surface area contributed by atoms with Crippen LogP contribution in [0.25, 0.3) is 10.9 Å². The zero-order valence-corrected chi connectivity index (χ0v) is 9.99. The van der Waals surface area contributed by atoms with Gasteiger partial charge in [-0.1, -0.05) is 0 Å². The van der Waals surface area contributed by atoms with E-state index in [0.29, 0.717) is 6.54 Å². The number of carbonyl (C=O) groups excluding carboxylic acids is 1. The SMILES string of the molecule is CCNC(=O)c1c(N)[nH]c2cc([N+](=O)[O-])c(F)cc12. The van der Waals surface area contributed by atoms with Crippen LogP contribution < -0.4 is 11.1 Å². The molecule has 1 aromatic heterocycles. The summed E-state index contributed by atoms with van der Waals surface area (Å²) < 4.78 is 13.6.